The van der Waals surface area contributed by atoms with Gasteiger partial charge in [0.05, 0.1) is 6.10 Å². The fourth-order valence-corrected chi connectivity index (χ4v) is 1.72. The van der Waals surface area contributed by atoms with Gasteiger partial charge in [-0.1, -0.05) is 30.3 Å². The van der Waals surface area contributed by atoms with Crippen LogP contribution in [0.4, 0.5) is 0 Å². The van der Waals surface area contributed by atoms with Crippen molar-refractivity contribution in [2.24, 2.45) is 0 Å². The molecule has 1 aliphatic rings. The highest BCUT2D eigenvalue weighted by Gasteiger charge is 2.23. The van der Waals surface area contributed by atoms with E-state index in [1.807, 2.05) is 18.2 Å². The van der Waals surface area contributed by atoms with Crippen molar-refractivity contribution in [3.63, 3.8) is 0 Å². The summed E-state index contributed by atoms with van der Waals surface area (Å²) < 4.78 is 0. The van der Waals surface area contributed by atoms with Gasteiger partial charge in [0.2, 0.25) is 0 Å². The Kier molecular flexibility index (Phi) is 3.14. The average Bonchev–Trinajstić information content (AvgIpc) is 2.63. The van der Waals surface area contributed by atoms with Gasteiger partial charge in [0.25, 0.3) is 0 Å². The minimum absolute atomic E-state index is 0.190. The summed E-state index contributed by atoms with van der Waals surface area (Å²) in [6.07, 6.45) is -0.251. The highest BCUT2D eigenvalue weighted by atomic mass is 16.3. The SMILES string of the molecule is O[C@H]1CNC[C@@H]1NCc1ccccc1. The number of aliphatic hydroxyl groups excluding tert-OH is 1. The Labute approximate surface area is 84.1 Å². The Bertz CT molecular complexity index is 276. The fourth-order valence-electron chi connectivity index (χ4n) is 1.72. The molecule has 1 heterocycles. The number of benzene rings is 1. The second-order valence-electron chi connectivity index (χ2n) is 3.70. The van der Waals surface area contributed by atoms with Crippen LogP contribution < -0.4 is 10.6 Å². The van der Waals surface area contributed by atoms with Crippen LogP contribution in [-0.2, 0) is 6.54 Å². The van der Waals surface area contributed by atoms with Crippen molar-refractivity contribution in [2.75, 3.05) is 13.1 Å². The van der Waals surface area contributed by atoms with Gasteiger partial charge in [0.15, 0.2) is 0 Å². The number of aliphatic hydroxyl groups is 1. The lowest BCUT2D eigenvalue weighted by atomic mass is 10.2. The Morgan fingerprint density at radius 3 is 2.71 bits per heavy atom. The number of β-amino-alcohol motifs (C(OH)–C–C–N with tert-alkyl or cyclic N) is 1. The molecule has 14 heavy (non-hydrogen) atoms. The summed E-state index contributed by atoms with van der Waals surface area (Å²) in [5.41, 5.74) is 1.26. The molecule has 2 rings (SSSR count). The predicted octanol–water partition coefficient (Wildman–Crippen LogP) is 0.109. The first kappa shape index (κ1) is 9.65. The molecular weight excluding hydrogens is 176 g/mol. The van der Waals surface area contributed by atoms with E-state index in [0.29, 0.717) is 6.54 Å². The molecule has 0 aromatic heterocycles. The monoisotopic (exact) mass is 192 g/mol. The molecule has 1 aliphatic heterocycles. The van der Waals surface area contributed by atoms with E-state index in [2.05, 4.69) is 22.8 Å². The first-order valence-corrected chi connectivity index (χ1v) is 5.02. The summed E-state index contributed by atoms with van der Waals surface area (Å²) in [6, 6.07) is 10.4. The maximum Gasteiger partial charge on any atom is 0.0829 e. The molecule has 3 N–H and O–H groups in total. The van der Waals surface area contributed by atoms with Crippen LogP contribution in [0, 0.1) is 0 Å². The van der Waals surface area contributed by atoms with Gasteiger partial charge in [-0.05, 0) is 5.56 Å². The number of hydrogen-bond acceptors (Lipinski definition) is 3. The Morgan fingerprint density at radius 1 is 1.29 bits per heavy atom. The highest BCUT2D eigenvalue weighted by Crippen LogP contribution is 2.02. The first-order chi connectivity index (χ1) is 6.86. The van der Waals surface area contributed by atoms with Crippen LogP contribution in [0.2, 0.25) is 0 Å². The van der Waals surface area contributed by atoms with E-state index in [9.17, 15) is 5.11 Å². The average molecular weight is 192 g/mol. The maximum absolute atomic E-state index is 9.54. The van der Waals surface area contributed by atoms with Crippen LogP contribution in [0.5, 0.6) is 0 Å². The van der Waals surface area contributed by atoms with Gasteiger partial charge in [0, 0.05) is 25.7 Å². The third-order valence-electron chi connectivity index (χ3n) is 2.59. The quantitative estimate of drug-likeness (QED) is 0.637. The molecular formula is C11H16N2O. The summed E-state index contributed by atoms with van der Waals surface area (Å²) in [5.74, 6) is 0. The third-order valence-corrected chi connectivity index (χ3v) is 2.59. The molecule has 2 atom stereocenters. The van der Waals surface area contributed by atoms with Crippen molar-refractivity contribution in [2.45, 2.75) is 18.7 Å². The van der Waals surface area contributed by atoms with Crippen molar-refractivity contribution in [3.8, 4) is 0 Å². The Morgan fingerprint density at radius 2 is 2.07 bits per heavy atom. The summed E-state index contributed by atoms with van der Waals surface area (Å²) in [5, 5.41) is 16.0. The molecule has 1 aromatic rings. The van der Waals surface area contributed by atoms with Crippen LogP contribution >= 0.6 is 0 Å². The zero-order valence-corrected chi connectivity index (χ0v) is 8.11. The van der Waals surface area contributed by atoms with Crippen molar-refractivity contribution < 1.29 is 5.11 Å². The molecule has 0 unspecified atom stereocenters. The van der Waals surface area contributed by atoms with Crippen molar-refractivity contribution >= 4 is 0 Å². The van der Waals surface area contributed by atoms with Gasteiger partial charge in [-0.15, -0.1) is 0 Å². The van der Waals surface area contributed by atoms with Crippen molar-refractivity contribution in [1.29, 1.82) is 0 Å². The topological polar surface area (TPSA) is 44.3 Å². The second kappa shape index (κ2) is 4.55. The lowest BCUT2D eigenvalue weighted by molar-refractivity contribution is 0.162. The minimum Gasteiger partial charge on any atom is -0.390 e. The largest absolute Gasteiger partial charge is 0.390 e. The zero-order chi connectivity index (χ0) is 9.80. The molecule has 1 saturated heterocycles. The van der Waals surface area contributed by atoms with Gasteiger partial charge < -0.3 is 15.7 Å². The van der Waals surface area contributed by atoms with Crippen LogP contribution in [0.15, 0.2) is 30.3 Å². The normalized spacial score (nSPS) is 26.6. The lowest BCUT2D eigenvalue weighted by Gasteiger charge is -2.15. The summed E-state index contributed by atoms with van der Waals surface area (Å²) in [4.78, 5) is 0. The van der Waals surface area contributed by atoms with Crippen LogP contribution in [-0.4, -0.2) is 30.3 Å². The summed E-state index contributed by atoms with van der Waals surface area (Å²) in [7, 11) is 0. The van der Waals surface area contributed by atoms with E-state index in [1.54, 1.807) is 0 Å². The van der Waals surface area contributed by atoms with Crippen molar-refractivity contribution in [3.05, 3.63) is 35.9 Å². The van der Waals surface area contributed by atoms with Gasteiger partial charge in [-0.2, -0.15) is 0 Å². The van der Waals surface area contributed by atoms with E-state index in [0.717, 1.165) is 13.1 Å². The van der Waals surface area contributed by atoms with E-state index in [-0.39, 0.29) is 12.1 Å². The van der Waals surface area contributed by atoms with E-state index in [1.165, 1.54) is 5.56 Å². The summed E-state index contributed by atoms with van der Waals surface area (Å²) in [6.45, 7) is 2.38. The molecule has 0 amide bonds. The van der Waals surface area contributed by atoms with Gasteiger partial charge in [0.1, 0.15) is 0 Å². The molecule has 1 fully saturated rings. The first-order valence-electron chi connectivity index (χ1n) is 5.02. The molecule has 3 nitrogen and oxygen atoms in total. The Balaban J connectivity index is 1.82. The molecule has 0 spiro atoms. The molecule has 1 aromatic carbocycles. The number of nitrogens with one attached hydrogen (secondary N) is 2. The molecule has 0 saturated carbocycles. The van der Waals surface area contributed by atoms with Gasteiger partial charge in [-0.3, -0.25) is 0 Å². The molecule has 3 heteroatoms. The lowest BCUT2D eigenvalue weighted by Crippen LogP contribution is -2.38. The van der Waals surface area contributed by atoms with Crippen molar-refractivity contribution in [1.82, 2.24) is 10.6 Å². The second-order valence-corrected chi connectivity index (χ2v) is 3.70. The van der Waals surface area contributed by atoms with Crippen LogP contribution in [0.25, 0.3) is 0 Å². The third kappa shape index (κ3) is 2.32. The number of rotatable bonds is 3. The van der Waals surface area contributed by atoms with Crippen LogP contribution in [0.1, 0.15) is 5.56 Å². The minimum atomic E-state index is -0.251. The number of hydrogen-bond donors (Lipinski definition) is 3. The smallest absolute Gasteiger partial charge is 0.0829 e. The van der Waals surface area contributed by atoms with Crippen LogP contribution in [0.3, 0.4) is 0 Å². The Hall–Kier alpha value is -0.900. The molecule has 0 bridgehead atoms. The van der Waals surface area contributed by atoms with Gasteiger partial charge >= 0.3 is 0 Å². The van der Waals surface area contributed by atoms with E-state index in [4.69, 9.17) is 0 Å². The predicted molar refractivity (Wildman–Crippen MR) is 55.9 cm³/mol. The molecule has 76 valence electrons. The highest BCUT2D eigenvalue weighted by molar-refractivity contribution is 5.14. The fraction of sp³-hybridized carbons (Fsp3) is 0.455. The zero-order valence-electron chi connectivity index (χ0n) is 8.11. The standard InChI is InChI=1S/C11H16N2O/c14-11-8-12-7-10(11)13-6-9-4-2-1-3-5-9/h1-5,10-14H,6-8H2/t10-,11-/m0/s1. The van der Waals surface area contributed by atoms with E-state index < -0.39 is 0 Å². The van der Waals surface area contributed by atoms with E-state index >= 15 is 0 Å². The van der Waals surface area contributed by atoms with Gasteiger partial charge in [-0.25, -0.2) is 0 Å². The molecule has 0 aliphatic carbocycles. The maximum atomic E-state index is 9.54. The molecule has 0 radical (unpaired) electrons. The summed E-state index contributed by atoms with van der Waals surface area (Å²) >= 11 is 0.